The van der Waals surface area contributed by atoms with Crippen LogP contribution >= 0.6 is 15.9 Å². The molecular weight excluding hydrogens is 338 g/mol. The Kier molecular flexibility index (Phi) is 9.53. The molecule has 0 spiro atoms. The maximum Gasteiger partial charge on any atom is 0.313 e. The average Bonchev–Trinajstić information content (AvgIpc) is 2.64. The molecule has 0 aromatic rings. The van der Waals surface area contributed by atoms with Crippen molar-refractivity contribution in [2.24, 2.45) is 10.7 Å². The fourth-order valence-electron chi connectivity index (χ4n) is 1.10. The van der Waals surface area contributed by atoms with Crippen molar-refractivity contribution in [1.82, 2.24) is 5.32 Å². The lowest BCUT2D eigenvalue weighted by molar-refractivity contribution is -0.119. The number of nitrogens with two attached hydrogens (primary N) is 1. The van der Waals surface area contributed by atoms with Crippen LogP contribution in [0.1, 0.15) is 13.3 Å². The number of carbonyl (C=O) groups is 2. The fraction of sp³-hybridized carbons (Fsp3) is 0.214. The number of carbonyl (C=O) groups excluding carboxylic acids is 2. The molecule has 114 valence electrons. The summed E-state index contributed by atoms with van der Waals surface area (Å²) in [4.78, 5) is 24.2. The third kappa shape index (κ3) is 8.59. The highest BCUT2D eigenvalue weighted by Gasteiger charge is 2.06. The number of allylic oxidation sites excluding steroid dienone is 6. The highest BCUT2D eigenvalue weighted by Crippen LogP contribution is 2.17. The summed E-state index contributed by atoms with van der Waals surface area (Å²) < 4.78 is 1.19. The Labute approximate surface area is 131 Å². The van der Waals surface area contributed by atoms with Crippen molar-refractivity contribution in [1.29, 1.82) is 0 Å². The molecule has 0 radical (unpaired) electrons. The van der Waals surface area contributed by atoms with Gasteiger partial charge < -0.3 is 16.2 Å². The normalized spacial score (nSPS) is 14.5. The third-order valence-corrected chi connectivity index (χ3v) is 3.10. The monoisotopic (exact) mass is 355 g/mol. The molecule has 6 nitrogen and oxygen atoms in total. The summed E-state index contributed by atoms with van der Waals surface area (Å²) in [5.41, 5.74) is 6.07. The molecule has 1 aliphatic carbocycles. The van der Waals surface area contributed by atoms with E-state index in [1.54, 1.807) is 0 Å². The molecule has 0 atom stereocenters. The number of rotatable bonds is 2. The largest absolute Gasteiger partial charge is 0.503 e. The van der Waals surface area contributed by atoms with Gasteiger partial charge in [-0.05, 0) is 18.9 Å². The second-order valence-corrected chi connectivity index (χ2v) is 4.65. The molecule has 1 rings (SSSR count). The van der Waals surface area contributed by atoms with E-state index < -0.39 is 17.6 Å². The number of aliphatic hydroxyl groups excluding tert-OH is 1. The average molecular weight is 356 g/mol. The number of aliphatic hydroxyl groups is 1. The van der Waals surface area contributed by atoms with Crippen LogP contribution in [-0.4, -0.2) is 30.3 Å². The summed E-state index contributed by atoms with van der Waals surface area (Å²) in [6, 6.07) is 0. The van der Waals surface area contributed by atoms with Crippen LogP contribution in [0, 0.1) is 0 Å². The second kappa shape index (κ2) is 10.6. The molecule has 0 aromatic carbocycles. The van der Waals surface area contributed by atoms with Gasteiger partial charge in [0.2, 0.25) is 5.91 Å². The molecule has 0 heterocycles. The van der Waals surface area contributed by atoms with E-state index in [-0.39, 0.29) is 0 Å². The van der Waals surface area contributed by atoms with E-state index in [1.807, 2.05) is 0 Å². The maximum absolute atomic E-state index is 10.6. The number of hydrogen-bond donors (Lipinski definition) is 3. The first-order valence-corrected chi connectivity index (χ1v) is 6.82. The highest BCUT2D eigenvalue weighted by atomic mass is 79.9. The molecule has 0 aliphatic heterocycles. The van der Waals surface area contributed by atoms with Crippen molar-refractivity contribution in [3.05, 3.63) is 46.2 Å². The molecule has 0 aromatic heterocycles. The Balaban J connectivity index is 0.000000394. The lowest BCUT2D eigenvalue weighted by Crippen LogP contribution is -2.16. The zero-order valence-electron chi connectivity index (χ0n) is 11.8. The number of aliphatic imine (C=N–C) groups is 1. The van der Waals surface area contributed by atoms with Crippen molar-refractivity contribution in [3.63, 3.8) is 0 Å². The van der Waals surface area contributed by atoms with E-state index in [1.165, 1.54) is 17.1 Å². The zero-order valence-corrected chi connectivity index (χ0v) is 13.4. The van der Waals surface area contributed by atoms with Gasteiger partial charge in [-0.1, -0.05) is 40.2 Å². The van der Waals surface area contributed by atoms with Crippen LogP contribution in [0.25, 0.3) is 0 Å². The van der Waals surface area contributed by atoms with Gasteiger partial charge in [-0.3, -0.25) is 9.59 Å². The second-order valence-electron chi connectivity index (χ2n) is 3.80. The van der Waals surface area contributed by atoms with Crippen LogP contribution in [0.4, 0.5) is 0 Å². The minimum Gasteiger partial charge on any atom is -0.503 e. The van der Waals surface area contributed by atoms with Gasteiger partial charge in [0.05, 0.1) is 12.4 Å². The molecular formula is C14H18BrN3O3. The predicted octanol–water partition coefficient (Wildman–Crippen LogP) is 1.86. The van der Waals surface area contributed by atoms with Gasteiger partial charge in [0, 0.05) is 11.5 Å². The summed E-state index contributed by atoms with van der Waals surface area (Å²) in [5, 5.41) is 11.0. The minimum absolute atomic E-state index is 0.590. The van der Waals surface area contributed by atoms with Crippen LogP contribution in [0.3, 0.4) is 0 Å². The van der Waals surface area contributed by atoms with Crippen molar-refractivity contribution >= 4 is 34.1 Å². The van der Waals surface area contributed by atoms with E-state index in [0.29, 0.717) is 0 Å². The third-order valence-electron chi connectivity index (χ3n) is 2.21. The van der Waals surface area contributed by atoms with Gasteiger partial charge >= 0.3 is 5.91 Å². The maximum atomic E-state index is 10.6. The lowest BCUT2D eigenvalue weighted by Gasteiger charge is -1.92. The molecule has 2 amide bonds. The molecule has 21 heavy (non-hydrogen) atoms. The Hall–Kier alpha value is -2.15. The molecule has 4 N–H and O–H groups in total. The first-order chi connectivity index (χ1) is 9.92. The number of likely N-dealkylation sites (N-methyl/N-ethyl adjacent to an activating group) is 1. The van der Waals surface area contributed by atoms with Gasteiger partial charge in [-0.2, -0.15) is 4.99 Å². The fourth-order valence-corrected chi connectivity index (χ4v) is 1.42. The first-order valence-electron chi connectivity index (χ1n) is 6.02. The Bertz CT molecular complexity index is 512. The van der Waals surface area contributed by atoms with E-state index in [0.717, 1.165) is 18.8 Å². The molecule has 0 saturated heterocycles. The smallest absolute Gasteiger partial charge is 0.313 e. The van der Waals surface area contributed by atoms with E-state index in [2.05, 4.69) is 57.5 Å². The van der Waals surface area contributed by atoms with Gasteiger partial charge in [0.25, 0.3) is 0 Å². The first kappa shape index (κ1) is 18.9. The number of nitrogens with one attached hydrogen (secondary N) is 1. The van der Waals surface area contributed by atoms with Gasteiger partial charge in [0.1, 0.15) is 0 Å². The van der Waals surface area contributed by atoms with E-state index in [4.69, 9.17) is 10.8 Å². The van der Waals surface area contributed by atoms with Crippen molar-refractivity contribution < 1.29 is 14.7 Å². The number of amides is 2. The van der Waals surface area contributed by atoms with E-state index in [9.17, 15) is 9.59 Å². The van der Waals surface area contributed by atoms with Crippen LogP contribution in [0.2, 0.25) is 0 Å². The molecule has 0 unspecified atom stereocenters. The molecule has 0 bridgehead atoms. The topological polar surface area (TPSA) is 105 Å². The summed E-state index contributed by atoms with van der Waals surface area (Å²) in [7, 11) is 1.36. The van der Waals surface area contributed by atoms with Gasteiger partial charge in [-0.25, -0.2) is 0 Å². The summed E-state index contributed by atoms with van der Waals surface area (Å²) in [6.07, 6.45) is 11.0. The Morgan fingerprint density at radius 1 is 1.43 bits per heavy atom. The number of nitrogens with zero attached hydrogens (tertiary/aromatic N) is 1. The number of hydrogen-bond acceptors (Lipinski definition) is 3. The van der Waals surface area contributed by atoms with Gasteiger partial charge in [-0.15, -0.1) is 0 Å². The minimum atomic E-state index is -0.957. The van der Waals surface area contributed by atoms with Crippen molar-refractivity contribution in [2.75, 3.05) is 7.05 Å². The molecule has 0 fully saturated rings. The Morgan fingerprint density at radius 2 is 2.05 bits per heavy atom. The summed E-state index contributed by atoms with van der Waals surface area (Å²) >= 11 is 3.45. The van der Waals surface area contributed by atoms with Gasteiger partial charge in [0.15, 0.2) is 5.76 Å². The van der Waals surface area contributed by atoms with Crippen LogP contribution in [0.15, 0.2) is 51.2 Å². The van der Waals surface area contributed by atoms with Crippen LogP contribution in [-0.2, 0) is 9.59 Å². The summed E-state index contributed by atoms with van der Waals surface area (Å²) in [5.74, 6) is -2.30. The summed E-state index contributed by atoms with van der Waals surface area (Å²) in [6.45, 7) is 2.09. The molecule has 0 saturated carbocycles. The SMILES string of the molecule is CC1=C(Br)C=CCC=C1.CNC(=O)/C=C(\O)C(=O)N=CN. The van der Waals surface area contributed by atoms with E-state index >= 15 is 0 Å². The van der Waals surface area contributed by atoms with Crippen LogP contribution < -0.4 is 11.1 Å². The quantitative estimate of drug-likeness (QED) is 0.304. The lowest BCUT2D eigenvalue weighted by atomic mass is 10.3. The molecule has 1 aliphatic rings. The zero-order chi connectivity index (χ0) is 16.3. The van der Waals surface area contributed by atoms with Crippen molar-refractivity contribution in [2.45, 2.75) is 13.3 Å². The Morgan fingerprint density at radius 3 is 2.62 bits per heavy atom. The number of halogens is 1. The van der Waals surface area contributed by atoms with Crippen LogP contribution in [0.5, 0.6) is 0 Å². The predicted molar refractivity (Wildman–Crippen MR) is 87.0 cm³/mol. The molecule has 7 heteroatoms. The van der Waals surface area contributed by atoms with Crippen molar-refractivity contribution in [3.8, 4) is 0 Å². The highest BCUT2D eigenvalue weighted by molar-refractivity contribution is 9.11. The standard InChI is InChI=1S/C8H9Br.C6H9N3O3/c1-7-5-3-2-4-6-8(7)9;1-8-5(11)2-4(10)6(12)9-3-7/h3-6H,2H2,1H3;2-3,10H,1H3,(H,8,11)(H2,7,9,12)/b;4-2-.